The number of aromatic nitrogens is 2. The molecule has 1 saturated heterocycles. The molecule has 0 aliphatic carbocycles. The second-order valence-electron chi connectivity index (χ2n) is 7.58. The summed E-state index contributed by atoms with van der Waals surface area (Å²) in [6.45, 7) is 3.38. The lowest BCUT2D eigenvalue weighted by molar-refractivity contribution is -0.248. The van der Waals surface area contributed by atoms with Gasteiger partial charge in [0.25, 0.3) is 5.56 Å². The van der Waals surface area contributed by atoms with E-state index >= 15 is 0 Å². The quantitative estimate of drug-likeness (QED) is 0.310. The average Bonchev–Trinajstić information content (AvgIpc) is 2.72. The van der Waals surface area contributed by atoms with Crippen LogP contribution >= 0.6 is 0 Å². The Morgan fingerprint density at radius 1 is 1.16 bits per heavy atom. The van der Waals surface area contributed by atoms with E-state index in [1.54, 1.807) is 24.3 Å². The van der Waals surface area contributed by atoms with Crippen molar-refractivity contribution in [3.63, 3.8) is 0 Å². The van der Waals surface area contributed by atoms with E-state index in [2.05, 4.69) is 9.98 Å². The Balaban J connectivity index is 1.98. The van der Waals surface area contributed by atoms with Crippen molar-refractivity contribution in [1.29, 1.82) is 0 Å². The number of aliphatic hydroxyl groups is 4. The zero-order valence-corrected chi connectivity index (χ0v) is 16.9. The van der Waals surface area contributed by atoms with Gasteiger partial charge in [0.05, 0.1) is 12.3 Å². The predicted octanol–water partition coefficient (Wildman–Crippen LogP) is -1.43. The highest BCUT2D eigenvalue weighted by Crippen LogP contribution is 2.23. The number of aliphatic hydroxyl groups excluding tert-OH is 4. The van der Waals surface area contributed by atoms with Crippen LogP contribution in [0.1, 0.15) is 30.9 Å². The third-order valence-corrected chi connectivity index (χ3v) is 5.18. The SMILES string of the molecule is CC(C)c1ccc(-n2c(O)c(C=N[C@H]3[C@H](O)[C@@H](O)[C@@H](CO)O[C@H]3O)c(=O)[nH]c2=O)cc1. The molecule has 0 spiro atoms. The summed E-state index contributed by atoms with van der Waals surface area (Å²) >= 11 is 0. The topological polar surface area (TPSA) is 178 Å². The molecule has 1 aromatic carbocycles. The van der Waals surface area contributed by atoms with Gasteiger partial charge in [-0.3, -0.25) is 14.8 Å². The first kappa shape index (κ1) is 22.8. The fraction of sp³-hybridized carbons (Fsp3) is 0.450. The molecule has 11 heteroatoms. The van der Waals surface area contributed by atoms with Crippen molar-refractivity contribution in [2.45, 2.75) is 50.4 Å². The van der Waals surface area contributed by atoms with Gasteiger partial charge in [-0.25, -0.2) is 9.36 Å². The van der Waals surface area contributed by atoms with Crippen LogP contribution in [-0.4, -0.2) is 78.5 Å². The molecule has 1 aliphatic heterocycles. The van der Waals surface area contributed by atoms with Crippen LogP contribution in [0, 0.1) is 0 Å². The van der Waals surface area contributed by atoms with E-state index in [4.69, 9.17) is 9.84 Å². The molecule has 0 unspecified atom stereocenters. The van der Waals surface area contributed by atoms with E-state index in [0.29, 0.717) is 5.69 Å². The first-order chi connectivity index (χ1) is 14.6. The molecular weight excluding hydrogens is 410 g/mol. The van der Waals surface area contributed by atoms with Crippen LogP contribution in [-0.2, 0) is 4.74 Å². The Morgan fingerprint density at radius 3 is 2.39 bits per heavy atom. The van der Waals surface area contributed by atoms with E-state index in [9.17, 15) is 30.0 Å². The standard InChI is InChI=1S/C20H25N3O8/c1-9(2)10-3-5-11(6-4-10)23-18(28)12(17(27)22-20(23)30)7-21-14-16(26)15(25)13(8-24)31-19(14)29/h3-7,9,13-16,19,24-26,28-29H,8H2,1-2H3,(H,22,27,30)/t13-,14+,15+,16+,19-/m1/s1. The van der Waals surface area contributed by atoms with Crippen LogP contribution in [0.15, 0.2) is 38.8 Å². The summed E-state index contributed by atoms with van der Waals surface area (Å²) in [5, 5.41) is 49.8. The molecule has 31 heavy (non-hydrogen) atoms. The number of aromatic hydroxyl groups is 1. The monoisotopic (exact) mass is 435 g/mol. The number of hydrogen-bond acceptors (Lipinski definition) is 9. The lowest BCUT2D eigenvalue weighted by Gasteiger charge is -2.38. The van der Waals surface area contributed by atoms with Crippen LogP contribution in [0.2, 0.25) is 0 Å². The first-order valence-corrected chi connectivity index (χ1v) is 9.68. The number of rotatable bonds is 5. The minimum atomic E-state index is -1.68. The third-order valence-electron chi connectivity index (χ3n) is 5.18. The smallest absolute Gasteiger partial charge is 0.335 e. The van der Waals surface area contributed by atoms with Crippen molar-refractivity contribution in [2.75, 3.05) is 6.61 Å². The average molecular weight is 435 g/mol. The number of aromatic amines is 1. The Morgan fingerprint density at radius 2 is 1.81 bits per heavy atom. The van der Waals surface area contributed by atoms with Gasteiger partial charge >= 0.3 is 5.69 Å². The van der Waals surface area contributed by atoms with E-state index < -0.39 is 59.9 Å². The number of aliphatic imine (C=N–C) groups is 1. The van der Waals surface area contributed by atoms with Gasteiger partial charge in [0.1, 0.15) is 29.9 Å². The minimum Gasteiger partial charge on any atom is -0.493 e. The number of benzene rings is 1. The molecular formula is C20H25N3O8. The van der Waals surface area contributed by atoms with Crippen molar-refractivity contribution in [1.82, 2.24) is 9.55 Å². The molecule has 0 radical (unpaired) electrons. The molecule has 11 nitrogen and oxygen atoms in total. The number of hydrogen-bond donors (Lipinski definition) is 6. The van der Waals surface area contributed by atoms with Crippen LogP contribution in [0.25, 0.3) is 5.69 Å². The highest BCUT2D eigenvalue weighted by atomic mass is 16.6. The number of H-pyrrole nitrogens is 1. The fourth-order valence-corrected chi connectivity index (χ4v) is 3.31. The highest BCUT2D eigenvalue weighted by Gasteiger charge is 2.43. The molecule has 168 valence electrons. The van der Waals surface area contributed by atoms with Crippen LogP contribution in [0.3, 0.4) is 0 Å². The van der Waals surface area contributed by atoms with Crippen molar-refractivity contribution in [3.05, 3.63) is 56.2 Å². The lowest BCUT2D eigenvalue weighted by atomic mass is 9.97. The normalized spacial score (nSPS) is 26.6. The number of nitrogens with one attached hydrogen (secondary N) is 1. The predicted molar refractivity (Wildman–Crippen MR) is 110 cm³/mol. The summed E-state index contributed by atoms with van der Waals surface area (Å²) in [6, 6.07) is 5.40. The molecule has 1 aliphatic rings. The molecule has 0 amide bonds. The second kappa shape index (κ2) is 9.12. The molecule has 3 rings (SSSR count). The molecule has 1 aromatic heterocycles. The van der Waals surface area contributed by atoms with Gasteiger partial charge < -0.3 is 30.3 Å². The zero-order chi connectivity index (χ0) is 22.9. The molecule has 6 N–H and O–H groups in total. The van der Waals surface area contributed by atoms with Gasteiger partial charge in [0.2, 0.25) is 5.88 Å². The Bertz CT molecular complexity index is 1060. The molecule has 0 bridgehead atoms. The zero-order valence-electron chi connectivity index (χ0n) is 16.9. The maximum atomic E-state index is 12.3. The van der Waals surface area contributed by atoms with E-state index in [1.165, 1.54) is 0 Å². The summed E-state index contributed by atoms with van der Waals surface area (Å²) < 4.78 is 5.88. The molecule has 0 saturated carbocycles. The number of nitrogens with zero attached hydrogens (tertiary/aromatic N) is 2. The minimum absolute atomic E-state index is 0.258. The third kappa shape index (κ3) is 4.45. The van der Waals surface area contributed by atoms with Crippen molar-refractivity contribution in [2.24, 2.45) is 4.99 Å². The molecule has 5 atom stereocenters. The molecule has 2 aromatic rings. The first-order valence-electron chi connectivity index (χ1n) is 9.68. The maximum Gasteiger partial charge on any atom is 0.335 e. The highest BCUT2D eigenvalue weighted by molar-refractivity contribution is 5.82. The van der Waals surface area contributed by atoms with E-state index in [1.807, 2.05) is 13.8 Å². The second-order valence-corrected chi connectivity index (χ2v) is 7.58. The van der Waals surface area contributed by atoms with Crippen LogP contribution in [0.5, 0.6) is 5.88 Å². The van der Waals surface area contributed by atoms with Crippen molar-refractivity contribution < 1.29 is 30.3 Å². The van der Waals surface area contributed by atoms with E-state index in [0.717, 1.165) is 16.3 Å². The van der Waals surface area contributed by atoms with Crippen molar-refractivity contribution in [3.8, 4) is 11.6 Å². The summed E-state index contributed by atoms with van der Waals surface area (Å²) in [5.41, 5.74) is -0.872. The van der Waals surface area contributed by atoms with Gasteiger partial charge in [0.15, 0.2) is 6.29 Å². The van der Waals surface area contributed by atoms with Crippen LogP contribution < -0.4 is 11.2 Å². The molecule has 1 fully saturated rings. The van der Waals surface area contributed by atoms with E-state index in [-0.39, 0.29) is 5.92 Å². The number of ether oxygens (including phenoxy) is 1. The summed E-state index contributed by atoms with van der Waals surface area (Å²) in [7, 11) is 0. The summed E-state index contributed by atoms with van der Waals surface area (Å²) in [6.07, 6.45) is -5.14. The Hall–Kier alpha value is -2.83. The van der Waals surface area contributed by atoms with Gasteiger partial charge in [0, 0.05) is 6.21 Å². The summed E-state index contributed by atoms with van der Waals surface area (Å²) in [5.74, 6) is -0.432. The van der Waals surface area contributed by atoms with Gasteiger partial charge in [-0.1, -0.05) is 26.0 Å². The maximum absolute atomic E-state index is 12.3. The van der Waals surface area contributed by atoms with Gasteiger partial charge in [-0.05, 0) is 23.6 Å². The summed E-state index contributed by atoms with van der Waals surface area (Å²) in [4.78, 5) is 30.5. The van der Waals surface area contributed by atoms with Gasteiger partial charge in [-0.15, -0.1) is 0 Å². The Kier molecular flexibility index (Phi) is 6.72. The van der Waals surface area contributed by atoms with Crippen molar-refractivity contribution >= 4 is 6.21 Å². The van der Waals surface area contributed by atoms with Crippen LogP contribution in [0.4, 0.5) is 0 Å². The van der Waals surface area contributed by atoms with Gasteiger partial charge in [-0.2, -0.15) is 0 Å². The fourth-order valence-electron chi connectivity index (χ4n) is 3.31. The molecule has 2 heterocycles. The Labute approximate surface area is 176 Å². The lowest BCUT2D eigenvalue weighted by Crippen LogP contribution is -2.57. The largest absolute Gasteiger partial charge is 0.493 e.